The van der Waals surface area contributed by atoms with Crippen LogP contribution in [0.3, 0.4) is 0 Å². The molecule has 0 aliphatic carbocycles. The molecule has 28 heavy (non-hydrogen) atoms. The number of nitrogens with one attached hydrogen (secondary N) is 2. The lowest BCUT2D eigenvalue weighted by atomic mass is 9.95. The first-order chi connectivity index (χ1) is 13.4. The first-order valence-corrected chi connectivity index (χ1v) is 9.03. The fraction of sp³-hybridized carbons (Fsp3) is 0.0500. The number of para-hydroxylation sites is 1. The highest BCUT2D eigenvalue weighted by molar-refractivity contribution is 6.51. The third-order valence-corrected chi connectivity index (χ3v) is 5.15. The van der Waals surface area contributed by atoms with Gasteiger partial charge in [0, 0.05) is 22.7 Å². The molecule has 0 fully saturated rings. The molecule has 1 amide bonds. The summed E-state index contributed by atoms with van der Waals surface area (Å²) in [6, 6.07) is 11.6. The highest BCUT2D eigenvalue weighted by atomic mass is 35.5. The van der Waals surface area contributed by atoms with Gasteiger partial charge in [0.25, 0.3) is 11.5 Å². The predicted octanol–water partition coefficient (Wildman–Crippen LogP) is 1.85. The average molecular weight is 414 g/mol. The number of Topliss-reactive ketones (excluding diaryl/α,β-unsaturated/α-hetero) is 1. The zero-order valence-electron chi connectivity index (χ0n) is 14.5. The average Bonchev–Trinajstić information content (AvgIpc) is 3.03. The number of anilines is 1. The van der Waals surface area contributed by atoms with Crippen LogP contribution in [-0.4, -0.2) is 28.9 Å². The number of aromatic nitrogens is 2. The summed E-state index contributed by atoms with van der Waals surface area (Å²) in [7, 11) is 1.58. The SMILES string of the molecule is CN1C(=O)C(=c2[nH][nH]c(=O)c2=Cc2ccc(Cl)cc2Cl)C(=O)c2ccccc21. The van der Waals surface area contributed by atoms with E-state index in [1.54, 1.807) is 49.5 Å². The molecule has 0 atom stereocenters. The van der Waals surface area contributed by atoms with Crippen molar-refractivity contribution in [1.82, 2.24) is 10.2 Å². The lowest BCUT2D eigenvalue weighted by molar-refractivity contribution is -0.113. The molecule has 2 N–H and O–H groups in total. The fourth-order valence-electron chi connectivity index (χ4n) is 3.16. The van der Waals surface area contributed by atoms with Gasteiger partial charge in [-0.3, -0.25) is 24.6 Å². The minimum Gasteiger partial charge on any atom is -0.310 e. The van der Waals surface area contributed by atoms with E-state index in [1.165, 1.54) is 11.0 Å². The minimum absolute atomic E-state index is 0.115. The number of benzene rings is 2. The number of nitrogens with zero attached hydrogens (tertiary/aromatic N) is 1. The molecule has 4 rings (SSSR count). The van der Waals surface area contributed by atoms with Crippen LogP contribution in [0.4, 0.5) is 5.69 Å². The van der Waals surface area contributed by atoms with Crippen LogP contribution < -0.4 is 21.0 Å². The largest absolute Gasteiger partial charge is 0.310 e. The number of H-pyrrole nitrogens is 2. The predicted molar refractivity (Wildman–Crippen MR) is 108 cm³/mol. The molecule has 0 bridgehead atoms. The van der Waals surface area contributed by atoms with Crippen LogP contribution in [-0.2, 0) is 4.79 Å². The summed E-state index contributed by atoms with van der Waals surface area (Å²) in [5.74, 6) is -0.957. The standard InChI is InChI=1S/C20H13Cl2N3O3/c1-25-15-5-3-2-4-12(15)18(26)16(20(25)28)17-13(19(27)24-23-17)8-10-6-7-11(21)9-14(10)22/h2-9,23H,1H3,(H,24,27). The molecule has 8 heteroatoms. The zero-order chi connectivity index (χ0) is 20.0. The number of carbonyl (C=O) groups excluding carboxylic acids is 2. The molecule has 6 nitrogen and oxygen atoms in total. The summed E-state index contributed by atoms with van der Waals surface area (Å²) in [4.78, 5) is 39.7. The zero-order valence-corrected chi connectivity index (χ0v) is 16.1. The number of hydrogen-bond acceptors (Lipinski definition) is 3. The Bertz CT molecular complexity index is 1320. The van der Waals surface area contributed by atoms with E-state index in [1.807, 2.05) is 0 Å². The van der Waals surface area contributed by atoms with Crippen LogP contribution in [0.2, 0.25) is 10.0 Å². The fourth-order valence-corrected chi connectivity index (χ4v) is 3.63. The Morgan fingerprint density at radius 2 is 1.75 bits per heavy atom. The minimum atomic E-state index is -0.504. The summed E-state index contributed by atoms with van der Waals surface area (Å²) in [6.45, 7) is 0. The summed E-state index contributed by atoms with van der Waals surface area (Å²) in [5, 5.41) is 6.15. The molecular formula is C20H13Cl2N3O3. The van der Waals surface area contributed by atoms with Crippen LogP contribution in [0, 0.1) is 0 Å². The molecular weight excluding hydrogens is 401 g/mol. The number of carbonyl (C=O) groups is 2. The molecule has 0 spiro atoms. The van der Waals surface area contributed by atoms with Gasteiger partial charge < -0.3 is 4.90 Å². The normalized spacial score (nSPS) is 16.5. The molecule has 140 valence electrons. The van der Waals surface area contributed by atoms with Crippen LogP contribution >= 0.6 is 23.2 Å². The molecule has 0 unspecified atom stereocenters. The summed E-state index contributed by atoms with van der Waals surface area (Å²) in [6.07, 6.45) is 1.51. The third-order valence-electron chi connectivity index (χ3n) is 4.58. The lowest BCUT2D eigenvalue weighted by Gasteiger charge is -2.25. The van der Waals surface area contributed by atoms with Crippen molar-refractivity contribution >= 4 is 52.2 Å². The van der Waals surface area contributed by atoms with E-state index >= 15 is 0 Å². The first-order valence-electron chi connectivity index (χ1n) is 8.28. The number of ketones is 1. The molecule has 2 heterocycles. The number of hydrogen-bond donors (Lipinski definition) is 2. The number of fused-ring (bicyclic) bond motifs is 1. The molecule has 0 radical (unpaired) electrons. The first kappa shape index (κ1) is 18.3. The van der Waals surface area contributed by atoms with Gasteiger partial charge in [0.1, 0.15) is 5.57 Å². The van der Waals surface area contributed by atoms with Crippen molar-refractivity contribution in [2.75, 3.05) is 11.9 Å². The van der Waals surface area contributed by atoms with Crippen molar-refractivity contribution in [3.8, 4) is 0 Å². The monoisotopic (exact) mass is 413 g/mol. The third kappa shape index (κ3) is 2.87. The van der Waals surface area contributed by atoms with E-state index in [4.69, 9.17) is 23.2 Å². The molecule has 1 aliphatic heterocycles. The van der Waals surface area contributed by atoms with Gasteiger partial charge in [-0.05, 0) is 35.9 Å². The second-order valence-corrected chi connectivity index (χ2v) is 7.11. The van der Waals surface area contributed by atoms with Crippen LogP contribution in [0.25, 0.3) is 11.6 Å². The van der Waals surface area contributed by atoms with Gasteiger partial charge in [-0.2, -0.15) is 0 Å². The number of rotatable bonds is 1. The van der Waals surface area contributed by atoms with Gasteiger partial charge in [0.2, 0.25) is 5.78 Å². The van der Waals surface area contributed by atoms with Gasteiger partial charge in [-0.25, -0.2) is 0 Å². The quantitative estimate of drug-likeness (QED) is 0.638. The summed E-state index contributed by atoms with van der Waals surface area (Å²) >= 11 is 12.1. The van der Waals surface area contributed by atoms with Crippen LogP contribution in [0.1, 0.15) is 15.9 Å². The Labute approximate surface area is 168 Å². The van der Waals surface area contributed by atoms with Gasteiger partial charge in [-0.15, -0.1) is 0 Å². The van der Waals surface area contributed by atoms with Gasteiger partial charge in [0.05, 0.1) is 16.3 Å². The molecule has 1 aromatic heterocycles. The van der Waals surface area contributed by atoms with E-state index in [-0.39, 0.29) is 16.1 Å². The van der Waals surface area contributed by atoms with Crippen molar-refractivity contribution in [3.63, 3.8) is 0 Å². The smallest absolute Gasteiger partial charge is 0.271 e. The van der Waals surface area contributed by atoms with Gasteiger partial charge in [-0.1, -0.05) is 41.4 Å². The number of aromatic amines is 2. The van der Waals surface area contributed by atoms with E-state index < -0.39 is 17.2 Å². The molecule has 2 aromatic carbocycles. The topological polar surface area (TPSA) is 86.0 Å². The van der Waals surface area contributed by atoms with Gasteiger partial charge >= 0.3 is 0 Å². The Morgan fingerprint density at radius 1 is 1.00 bits per heavy atom. The van der Waals surface area contributed by atoms with E-state index in [0.29, 0.717) is 26.9 Å². The van der Waals surface area contributed by atoms with E-state index in [0.717, 1.165) is 0 Å². The highest BCUT2D eigenvalue weighted by Crippen LogP contribution is 2.28. The molecule has 0 saturated carbocycles. The van der Waals surface area contributed by atoms with E-state index in [9.17, 15) is 14.4 Å². The van der Waals surface area contributed by atoms with Crippen LogP contribution in [0.5, 0.6) is 0 Å². The van der Waals surface area contributed by atoms with Crippen molar-refractivity contribution in [3.05, 3.63) is 84.6 Å². The lowest BCUT2D eigenvalue weighted by Crippen LogP contribution is -2.44. The van der Waals surface area contributed by atoms with Crippen molar-refractivity contribution in [2.45, 2.75) is 0 Å². The Hall–Kier alpha value is -3.09. The Kier molecular flexibility index (Phi) is 4.45. The maximum absolute atomic E-state index is 13.0. The van der Waals surface area contributed by atoms with E-state index in [2.05, 4.69) is 10.2 Å². The molecule has 0 saturated heterocycles. The maximum atomic E-state index is 13.0. The van der Waals surface area contributed by atoms with Crippen LogP contribution in [0.15, 0.2) is 47.3 Å². The second kappa shape index (κ2) is 6.82. The number of amides is 1. The Morgan fingerprint density at radius 3 is 2.50 bits per heavy atom. The second-order valence-electron chi connectivity index (χ2n) is 6.26. The van der Waals surface area contributed by atoms with Crippen molar-refractivity contribution < 1.29 is 9.59 Å². The summed E-state index contributed by atoms with van der Waals surface area (Å²) in [5.41, 5.74) is 0.844. The molecule has 3 aromatic rings. The highest BCUT2D eigenvalue weighted by Gasteiger charge is 2.33. The van der Waals surface area contributed by atoms with Gasteiger partial charge in [0.15, 0.2) is 0 Å². The van der Waals surface area contributed by atoms with Crippen molar-refractivity contribution in [2.24, 2.45) is 0 Å². The maximum Gasteiger partial charge on any atom is 0.271 e. The van der Waals surface area contributed by atoms with Crippen molar-refractivity contribution in [1.29, 1.82) is 0 Å². The Balaban J connectivity index is 2.05. The number of halogens is 2. The molecule has 1 aliphatic rings. The summed E-state index contributed by atoms with van der Waals surface area (Å²) < 4.78 is 0.